The van der Waals surface area contributed by atoms with Gasteiger partial charge in [0.2, 0.25) is 0 Å². The van der Waals surface area contributed by atoms with E-state index in [0.29, 0.717) is 0 Å². The van der Waals surface area contributed by atoms with Gasteiger partial charge in [-0.1, -0.05) is 30.3 Å². The van der Waals surface area contributed by atoms with Gasteiger partial charge in [-0.25, -0.2) is 0 Å². The van der Waals surface area contributed by atoms with Crippen molar-refractivity contribution in [3.8, 4) is 0 Å². The Kier molecular flexibility index (Phi) is 4.54. The van der Waals surface area contributed by atoms with Gasteiger partial charge in [-0.3, -0.25) is 4.90 Å². The van der Waals surface area contributed by atoms with Crippen LogP contribution in [0.15, 0.2) is 42.5 Å². The molecule has 1 aliphatic carbocycles. The summed E-state index contributed by atoms with van der Waals surface area (Å²) >= 11 is 0. The second-order valence-electron chi connectivity index (χ2n) is 7.13. The van der Waals surface area contributed by atoms with Crippen molar-refractivity contribution >= 4 is 5.69 Å². The minimum Gasteiger partial charge on any atom is -0.384 e. The smallest absolute Gasteiger partial charge is 0.0344 e. The van der Waals surface area contributed by atoms with Crippen LogP contribution in [0.2, 0.25) is 0 Å². The first-order chi connectivity index (χ1) is 11.8. The Morgan fingerprint density at radius 3 is 2.83 bits per heavy atom. The van der Waals surface area contributed by atoms with Crippen LogP contribution in [-0.2, 0) is 19.4 Å². The van der Waals surface area contributed by atoms with E-state index in [0.717, 1.165) is 32.6 Å². The Morgan fingerprint density at radius 2 is 1.92 bits per heavy atom. The molecule has 2 aromatic rings. The van der Waals surface area contributed by atoms with Crippen molar-refractivity contribution in [1.29, 1.82) is 0 Å². The normalized spacial score (nSPS) is 20.3. The fourth-order valence-corrected chi connectivity index (χ4v) is 4.05. The maximum atomic E-state index is 6.27. The molecule has 3 heteroatoms. The molecule has 0 saturated carbocycles. The number of rotatable bonds is 4. The molecule has 1 aliphatic heterocycles. The number of hydrogen-bond acceptors (Lipinski definition) is 3. The molecular formula is C21H27N3. The summed E-state index contributed by atoms with van der Waals surface area (Å²) in [6, 6.07) is 15.8. The molecule has 1 unspecified atom stereocenters. The monoisotopic (exact) mass is 321 g/mol. The number of nitrogens with zero attached hydrogens (tertiary/aromatic N) is 1. The van der Waals surface area contributed by atoms with Crippen molar-refractivity contribution in [2.24, 2.45) is 5.73 Å². The van der Waals surface area contributed by atoms with Gasteiger partial charge in [0, 0.05) is 37.9 Å². The predicted octanol–water partition coefficient (Wildman–Crippen LogP) is 3.49. The van der Waals surface area contributed by atoms with Crippen LogP contribution in [0.1, 0.15) is 41.1 Å². The highest BCUT2D eigenvalue weighted by molar-refractivity contribution is 5.50. The van der Waals surface area contributed by atoms with Gasteiger partial charge in [-0.05, 0) is 60.1 Å². The van der Waals surface area contributed by atoms with Gasteiger partial charge in [0.15, 0.2) is 0 Å². The van der Waals surface area contributed by atoms with Crippen LogP contribution in [0.3, 0.4) is 0 Å². The van der Waals surface area contributed by atoms with Crippen LogP contribution in [0.25, 0.3) is 0 Å². The first-order valence-corrected chi connectivity index (χ1v) is 9.21. The summed E-state index contributed by atoms with van der Waals surface area (Å²) < 4.78 is 0. The van der Waals surface area contributed by atoms with E-state index in [-0.39, 0.29) is 6.04 Å². The zero-order valence-corrected chi connectivity index (χ0v) is 14.3. The van der Waals surface area contributed by atoms with E-state index in [9.17, 15) is 0 Å². The van der Waals surface area contributed by atoms with E-state index < -0.39 is 0 Å². The lowest BCUT2D eigenvalue weighted by Gasteiger charge is -2.29. The Labute approximate surface area is 144 Å². The van der Waals surface area contributed by atoms with E-state index in [2.05, 4.69) is 52.7 Å². The molecule has 126 valence electrons. The van der Waals surface area contributed by atoms with E-state index >= 15 is 0 Å². The van der Waals surface area contributed by atoms with Crippen LogP contribution < -0.4 is 11.1 Å². The lowest BCUT2D eigenvalue weighted by molar-refractivity contribution is 0.264. The summed E-state index contributed by atoms with van der Waals surface area (Å²) in [6.07, 6.45) is 4.68. The summed E-state index contributed by atoms with van der Waals surface area (Å²) in [4.78, 5) is 2.54. The standard InChI is InChI=1S/C21H27N3/c22-21-7-3-6-17-8-9-19(14-20(17)21)23-11-13-24-12-10-16-4-1-2-5-18(16)15-24/h1-2,4-5,8-9,14,21,23H,3,6-7,10-13,15,22H2. The maximum Gasteiger partial charge on any atom is 0.0344 e. The highest BCUT2D eigenvalue weighted by Crippen LogP contribution is 2.30. The summed E-state index contributed by atoms with van der Waals surface area (Å²) in [5.74, 6) is 0. The van der Waals surface area contributed by atoms with Gasteiger partial charge in [-0.15, -0.1) is 0 Å². The molecule has 0 radical (unpaired) electrons. The molecule has 2 aromatic carbocycles. The van der Waals surface area contributed by atoms with Gasteiger partial charge in [-0.2, -0.15) is 0 Å². The number of nitrogens with two attached hydrogens (primary N) is 1. The molecule has 0 bridgehead atoms. The summed E-state index contributed by atoms with van der Waals surface area (Å²) in [5.41, 5.74) is 13.3. The number of aryl methyl sites for hydroxylation is 1. The van der Waals surface area contributed by atoms with Crippen LogP contribution in [-0.4, -0.2) is 24.5 Å². The minimum absolute atomic E-state index is 0.217. The number of fused-ring (bicyclic) bond motifs is 2. The third-order valence-corrected chi connectivity index (χ3v) is 5.47. The fraction of sp³-hybridized carbons (Fsp3) is 0.429. The van der Waals surface area contributed by atoms with Crippen molar-refractivity contribution in [3.63, 3.8) is 0 Å². The largest absolute Gasteiger partial charge is 0.384 e. The number of nitrogens with one attached hydrogen (secondary N) is 1. The van der Waals surface area contributed by atoms with Crippen molar-refractivity contribution in [1.82, 2.24) is 4.90 Å². The number of anilines is 1. The maximum absolute atomic E-state index is 6.27. The molecule has 0 fully saturated rings. The minimum atomic E-state index is 0.217. The predicted molar refractivity (Wildman–Crippen MR) is 100 cm³/mol. The van der Waals surface area contributed by atoms with Crippen molar-refractivity contribution in [3.05, 3.63) is 64.7 Å². The molecule has 2 aliphatic rings. The lowest BCUT2D eigenvalue weighted by Crippen LogP contribution is -2.34. The van der Waals surface area contributed by atoms with Gasteiger partial charge >= 0.3 is 0 Å². The van der Waals surface area contributed by atoms with Crippen molar-refractivity contribution in [2.45, 2.75) is 38.3 Å². The molecule has 1 atom stereocenters. The molecule has 3 nitrogen and oxygen atoms in total. The molecule has 24 heavy (non-hydrogen) atoms. The molecule has 0 aromatic heterocycles. The SMILES string of the molecule is NC1CCCc2ccc(NCCN3CCc4ccccc4C3)cc21. The molecular weight excluding hydrogens is 294 g/mol. The third kappa shape index (κ3) is 3.33. The molecule has 1 heterocycles. The van der Waals surface area contributed by atoms with Gasteiger partial charge in [0.1, 0.15) is 0 Å². The van der Waals surface area contributed by atoms with Crippen LogP contribution >= 0.6 is 0 Å². The highest BCUT2D eigenvalue weighted by atomic mass is 15.1. The molecule has 4 rings (SSSR count). The summed E-state index contributed by atoms with van der Waals surface area (Å²) in [5, 5.41) is 3.59. The number of hydrogen-bond donors (Lipinski definition) is 2. The first-order valence-electron chi connectivity index (χ1n) is 9.21. The van der Waals surface area contributed by atoms with Gasteiger partial charge in [0.05, 0.1) is 0 Å². The Bertz CT molecular complexity index is 710. The molecule has 0 saturated heterocycles. The van der Waals surface area contributed by atoms with Crippen molar-refractivity contribution < 1.29 is 0 Å². The zero-order valence-electron chi connectivity index (χ0n) is 14.3. The average molecular weight is 321 g/mol. The molecule has 3 N–H and O–H groups in total. The average Bonchev–Trinajstić information content (AvgIpc) is 2.62. The van der Waals surface area contributed by atoms with Gasteiger partial charge < -0.3 is 11.1 Å². The van der Waals surface area contributed by atoms with Crippen molar-refractivity contribution in [2.75, 3.05) is 25.0 Å². The van der Waals surface area contributed by atoms with E-state index in [4.69, 9.17) is 5.73 Å². The summed E-state index contributed by atoms with van der Waals surface area (Å²) in [6.45, 7) is 4.30. The second-order valence-corrected chi connectivity index (χ2v) is 7.13. The summed E-state index contributed by atoms with van der Waals surface area (Å²) in [7, 11) is 0. The highest BCUT2D eigenvalue weighted by Gasteiger charge is 2.17. The van der Waals surface area contributed by atoms with Crippen LogP contribution in [0.5, 0.6) is 0 Å². The fourth-order valence-electron chi connectivity index (χ4n) is 4.05. The van der Waals surface area contributed by atoms with Crippen LogP contribution in [0.4, 0.5) is 5.69 Å². The second kappa shape index (κ2) is 6.96. The third-order valence-electron chi connectivity index (χ3n) is 5.47. The molecule has 0 spiro atoms. The molecule has 0 amide bonds. The first kappa shape index (κ1) is 15.7. The Hall–Kier alpha value is -1.84. The Morgan fingerprint density at radius 1 is 1.04 bits per heavy atom. The quantitative estimate of drug-likeness (QED) is 0.906. The van der Waals surface area contributed by atoms with Crippen LogP contribution in [0, 0.1) is 0 Å². The number of benzene rings is 2. The lowest BCUT2D eigenvalue weighted by atomic mass is 9.88. The van der Waals surface area contributed by atoms with E-state index in [1.807, 2.05) is 0 Å². The van der Waals surface area contributed by atoms with E-state index in [1.54, 1.807) is 0 Å². The van der Waals surface area contributed by atoms with Gasteiger partial charge in [0.25, 0.3) is 0 Å². The van der Waals surface area contributed by atoms with E-state index in [1.165, 1.54) is 47.2 Å². The Balaban J connectivity index is 1.33. The topological polar surface area (TPSA) is 41.3 Å². The zero-order chi connectivity index (χ0) is 16.4.